The number of furan rings is 2. The Hall–Kier alpha value is -7.40. The van der Waals surface area contributed by atoms with Crippen LogP contribution in [0.4, 0.5) is 17.1 Å². The van der Waals surface area contributed by atoms with E-state index in [1.807, 2.05) is 23.5 Å². The molecule has 58 heavy (non-hydrogen) atoms. The van der Waals surface area contributed by atoms with Gasteiger partial charge in [0, 0.05) is 48.3 Å². The molecule has 0 N–H and O–H groups in total. The molecule has 12 rings (SSSR count). The van der Waals surface area contributed by atoms with Gasteiger partial charge in [-0.25, -0.2) is 0 Å². The molecule has 0 aliphatic rings. The molecule has 0 radical (unpaired) electrons. The number of nitrogens with zero attached hydrogens (tertiary/aromatic N) is 1. The zero-order valence-corrected chi connectivity index (χ0v) is 32.0. The topological polar surface area (TPSA) is 29.5 Å². The molecule has 0 unspecified atom stereocenters. The number of rotatable bonds is 6. The lowest BCUT2D eigenvalue weighted by molar-refractivity contribution is 0.669. The highest BCUT2D eigenvalue weighted by molar-refractivity contribution is 7.27. The third-order valence-corrected chi connectivity index (χ3v) is 12.8. The van der Waals surface area contributed by atoms with Crippen LogP contribution in [0.1, 0.15) is 0 Å². The van der Waals surface area contributed by atoms with Gasteiger partial charge in [-0.3, -0.25) is 0 Å². The summed E-state index contributed by atoms with van der Waals surface area (Å²) in [4.78, 5) is 2.38. The first kappa shape index (κ1) is 32.8. The molecule has 3 heterocycles. The van der Waals surface area contributed by atoms with Gasteiger partial charge < -0.3 is 13.7 Å². The van der Waals surface area contributed by atoms with E-state index in [-0.39, 0.29) is 0 Å². The predicted molar refractivity (Wildman–Crippen MR) is 245 cm³/mol. The smallest absolute Gasteiger partial charge is 0.159 e. The lowest BCUT2D eigenvalue weighted by Gasteiger charge is -2.26. The maximum atomic E-state index is 6.71. The first-order valence-electron chi connectivity index (χ1n) is 19.6. The Morgan fingerprint density at radius 3 is 1.66 bits per heavy atom. The maximum absolute atomic E-state index is 6.71. The van der Waals surface area contributed by atoms with E-state index in [0.717, 1.165) is 83.2 Å². The second-order valence-electron chi connectivity index (χ2n) is 14.8. The number of thiophene rings is 1. The number of benzene rings is 9. The van der Waals surface area contributed by atoms with Crippen molar-refractivity contribution in [2.24, 2.45) is 0 Å². The van der Waals surface area contributed by atoms with Crippen molar-refractivity contribution in [3.63, 3.8) is 0 Å². The van der Waals surface area contributed by atoms with Crippen molar-refractivity contribution in [1.29, 1.82) is 0 Å². The van der Waals surface area contributed by atoms with Crippen LogP contribution < -0.4 is 4.90 Å². The van der Waals surface area contributed by atoms with Crippen LogP contribution in [0.5, 0.6) is 0 Å². The first-order chi connectivity index (χ1) is 28.8. The summed E-state index contributed by atoms with van der Waals surface area (Å²) < 4.78 is 15.7. The molecule has 0 amide bonds. The van der Waals surface area contributed by atoms with Crippen LogP contribution in [0.3, 0.4) is 0 Å². The minimum atomic E-state index is 0.864. The average Bonchev–Trinajstić information content (AvgIpc) is 3.99. The van der Waals surface area contributed by atoms with Gasteiger partial charge in [0.25, 0.3) is 0 Å². The second-order valence-corrected chi connectivity index (χ2v) is 15.8. The Morgan fingerprint density at radius 2 is 0.879 bits per heavy atom. The van der Waals surface area contributed by atoms with Crippen molar-refractivity contribution in [2.45, 2.75) is 0 Å². The predicted octanol–water partition coefficient (Wildman–Crippen LogP) is 16.3. The number of hydrogen-bond acceptors (Lipinski definition) is 4. The lowest BCUT2D eigenvalue weighted by atomic mass is 10.00. The second kappa shape index (κ2) is 13.1. The molecule has 3 aromatic heterocycles. The van der Waals surface area contributed by atoms with E-state index in [2.05, 4.69) is 193 Å². The summed E-state index contributed by atoms with van der Waals surface area (Å²) in [6.07, 6.45) is 0. The Labute approximate surface area is 338 Å². The molecule has 12 aromatic rings. The van der Waals surface area contributed by atoms with Gasteiger partial charge in [-0.2, -0.15) is 0 Å². The Morgan fingerprint density at radius 1 is 0.328 bits per heavy atom. The normalized spacial score (nSPS) is 11.8. The molecule has 0 atom stereocenters. The van der Waals surface area contributed by atoms with Crippen LogP contribution in [0.2, 0.25) is 0 Å². The SMILES string of the molecule is c1ccc(-c2cccc3c2oc2ccc(-c4ccc(N(c5cccc6c5oc5ccccc56)c5cccc6c5sc5c(-c7ccccc7)cccc56)cc4)cc23)cc1. The standard InChI is InChI=1S/C54H33NO2S/c1-3-13-35(14-4-1)39-18-9-20-43-46-33-37(29-32-50(46)56-51(39)43)34-27-30-38(31-28-34)55(47-24-11-21-42-41-17-7-8-26-49(41)57-52(42)47)48-25-12-23-45-44-22-10-19-40(53(44)58-54(45)48)36-15-5-2-6-16-36/h1-33H. The van der Waals surface area contributed by atoms with Crippen molar-refractivity contribution >= 4 is 92.4 Å². The summed E-state index contributed by atoms with van der Waals surface area (Å²) in [5, 5.41) is 6.94. The summed E-state index contributed by atoms with van der Waals surface area (Å²) in [7, 11) is 0. The Balaban J connectivity index is 1.03. The van der Waals surface area contributed by atoms with Gasteiger partial charge in [0.05, 0.1) is 16.1 Å². The highest BCUT2D eigenvalue weighted by Crippen LogP contribution is 2.49. The van der Waals surface area contributed by atoms with Crippen LogP contribution in [-0.2, 0) is 0 Å². The number of fused-ring (bicyclic) bond motifs is 9. The summed E-state index contributed by atoms with van der Waals surface area (Å²) in [5.74, 6) is 0. The van der Waals surface area contributed by atoms with Gasteiger partial charge >= 0.3 is 0 Å². The molecule has 0 aliphatic heterocycles. The summed E-state index contributed by atoms with van der Waals surface area (Å²) in [6, 6.07) is 71.2. The van der Waals surface area contributed by atoms with Crippen molar-refractivity contribution in [1.82, 2.24) is 0 Å². The molecular formula is C54H33NO2S. The monoisotopic (exact) mass is 759 g/mol. The molecule has 0 fully saturated rings. The van der Waals surface area contributed by atoms with Crippen LogP contribution >= 0.6 is 11.3 Å². The fraction of sp³-hybridized carbons (Fsp3) is 0. The summed E-state index contributed by atoms with van der Waals surface area (Å²) >= 11 is 1.86. The Bertz CT molecular complexity index is 3500. The van der Waals surface area contributed by atoms with E-state index < -0.39 is 0 Å². The van der Waals surface area contributed by atoms with Gasteiger partial charge in [0.2, 0.25) is 0 Å². The Kier molecular flexibility index (Phi) is 7.40. The third-order valence-electron chi connectivity index (χ3n) is 11.5. The minimum absolute atomic E-state index is 0.864. The number of para-hydroxylation sites is 3. The molecular weight excluding hydrogens is 727 g/mol. The summed E-state index contributed by atoms with van der Waals surface area (Å²) in [5.41, 5.74) is 13.7. The van der Waals surface area contributed by atoms with Gasteiger partial charge in [-0.15, -0.1) is 11.3 Å². The molecule has 0 spiro atoms. The van der Waals surface area contributed by atoms with Gasteiger partial charge in [0.1, 0.15) is 16.7 Å². The highest BCUT2D eigenvalue weighted by Gasteiger charge is 2.23. The molecule has 3 nitrogen and oxygen atoms in total. The third kappa shape index (κ3) is 5.12. The zero-order chi connectivity index (χ0) is 38.2. The maximum Gasteiger partial charge on any atom is 0.159 e. The molecule has 4 heteroatoms. The minimum Gasteiger partial charge on any atom is -0.455 e. The van der Waals surface area contributed by atoms with Crippen LogP contribution in [0.15, 0.2) is 209 Å². The van der Waals surface area contributed by atoms with Crippen molar-refractivity contribution in [3.8, 4) is 33.4 Å². The van der Waals surface area contributed by atoms with E-state index in [1.54, 1.807) is 0 Å². The van der Waals surface area contributed by atoms with Gasteiger partial charge in [-0.05, 0) is 70.3 Å². The van der Waals surface area contributed by atoms with Crippen LogP contribution in [-0.4, -0.2) is 0 Å². The molecule has 0 aliphatic carbocycles. The van der Waals surface area contributed by atoms with Crippen LogP contribution in [0.25, 0.3) is 97.4 Å². The molecule has 9 aromatic carbocycles. The van der Waals surface area contributed by atoms with E-state index in [1.165, 1.54) is 31.3 Å². The van der Waals surface area contributed by atoms with Crippen molar-refractivity contribution in [2.75, 3.05) is 4.90 Å². The van der Waals surface area contributed by atoms with Crippen molar-refractivity contribution < 1.29 is 8.83 Å². The van der Waals surface area contributed by atoms with Gasteiger partial charge in [-0.1, -0.05) is 158 Å². The highest BCUT2D eigenvalue weighted by atomic mass is 32.1. The fourth-order valence-corrected chi connectivity index (χ4v) is 10.1. The first-order valence-corrected chi connectivity index (χ1v) is 20.4. The molecule has 0 bridgehead atoms. The zero-order valence-electron chi connectivity index (χ0n) is 31.2. The van der Waals surface area contributed by atoms with E-state index in [4.69, 9.17) is 8.83 Å². The molecule has 0 saturated carbocycles. The van der Waals surface area contributed by atoms with Crippen LogP contribution in [0, 0.1) is 0 Å². The van der Waals surface area contributed by atoms with Gasteiger partial charge in [0.15, 0.2) is 5.58 Å². The average molecular weight is 760 g/mol. The molecule has 0 saturated heterocycles. The fourth-order valence-electron chi connectivity index (χ4n) is 8.77. The van der Waals surface area contributed by atoms with E-state index >= 15 is 0 Å². The van der Waals surface area contributed by atoms with E-state index in [0.29, 0.717) is 0 Å². The lowest BCUT2D eigenvalue weighted by Crippen LogP contribution is -2.10. The molecule has 272 valence electrons. The summed E-state index contributed by atoms with van der Waals surface area (Å²) in [6.45, 7) is 0. The van der Waals surface area contributed by atoms with Crippen molar-refractivity contribution in [3.05, 3.63) is 200 Å². The quantitative estimate of drug-likeness (QED) is 0.169. The van der Waals surface area contributed by atoms with E-state index in [9.17, 15) is 0 Å². The number of hydrogen-bond donors (Lipinski definition) is 0. The largest absolute Gasteiger partial charge is 0.455 e. The number of anilines is 3.